The lowest BCUT2D eigenvalue weighted by Crippen LogP contribution is -2.77. The van der Waals surface area contributed by atoms with Crippen LogP contribution in [0.4, 0.5) is 65.9 Å². The minimum Gasteiger partial charge on any atom is -0.460 e. The number of carbonyl (C=O) groups is 1. The van der Waals surface area contributed by atoms with Crippen LogP contribution in [0.3, 0.4) is 0 Å². The molecular formula is C14H11F15O3. The van der Waals surface area contributed by atoms with Crippen LogP contribution in [0.25, 0.3) is 0 Å². The first-order valence-corrected chi connectivity index (χ1v) is 7.56. The van der Waals surface area contributed by atoms with Crippen molar-refractivity contribution in [2.45, 2.75) is 61.2 Å². The molecule has 3 nitrogen and oxygen atoms in total. The van der Waals surface area contributed by atoms with Crippen LogP contribution in [0.2, 0.25) is 0 Å². The SMILES string of the molecule is C=C(C)C(=O)OCC(O)CC(F)(F)C(F)(F)C(F)(C(F)(F)F)C(F)(F)C(F)(F)C(F)(F)F. The predicted molar refractivity (Wildman–Crippen MR) is 72.1 cm³/mol. The fraction of sp³-hybridized carbons (Fsp3) is 0.786. The minimum atomic E-state index is -8.53. The van der Waals surface area contributed by atoms with Crippen molar-refractivity contribution in [3.63, 3.8) is 0 Å². The van der Waals surface area contributed by atoms with Crippen LogP contribution in [0, 0.1) is 0 Å². The van der Waals surface area contributed by atoms with Crippen molar-refractivity contribution >= 4 is 5.97 Å². The molecule has 18 heteroatoms. The van der Waals surface area contributed by atoms with Gasteiger partial charge in [0.25, 0.3) is 0 Å². The van der Waals surface area contributed by atoms with Crippen molar-refractivity contribution in [3.05, 3.63) is 12.2 Å². The fourth-order valence-corrected chi connectivity index (χ4v) is 1.98. The first-order chi connectivity index (χ1) is 13.7. The molecule has 0 saturated carbocycles. The Hall–Kier alpha value is -1.88. The van der Waals surface area contributed by atoms with E-state index in [-0.39, 0.29) is 0 Å². The Bertz CT molecular complexity index is 709. The minimum absolute atomic E-state index is 0.483. The van der Waals surface area contributed by atoms with Gasteiger partial charge in [0.15, 0.2) is 0 Å². The number of ether oxygens (including phenoxy) is 1. The summed E-state index contributed by atoms with van der Waals surface area (Å²) in [6, 6.07) is 0. The first-order valence-electron chi connectivity index (χ1n) is 7.56. The number of esters is 1. The lowest BCUT2D eigenvalue weighted by Gasteiger charge is -2.45. The molecule has 0 spiro atoms. The maximum absolute atomic E-state index is 14.0. The molecule has 0 aliphatic heterocycles. The highest BCUT2D eigenvalue weighted by molar-refractivity contribution is 5.86. The number of aliphatic hydroxyl groups is 1. The summed E-state index contributed by atoms with van der Waals surface area (Å²) in [5.74, 6) is -33.1. The molecule has 0 heterocycles. The summed E-state index contributed by atoms with van der Waals surface area (Å²) in [7, 11) is 0. The van der Waals surface area contributed by atoms with E-state index in [4.69, 9.17) is 5.11 Å². The largest absolute Gasteiger partial charge is 0.460 e. The molecule has 0 aliphatic carbocycles. The summed E-state index contributed by atoms with van der Waals surface area (Å²) >= 11 is 0. The van der Waals surface area contributed by atoms with Crippen LogP contribution in [0.5, 0.6) is 0 Å². The van der Waals surface area contributed by atoms with Gasteiger partial charge in [-0.2, -0.15) is 61.5 Å². The number of hydrogen-bond donors (Lipinski definition) is 1. The van der Waals surface area contributed by atoms with Crippen molar-refractivity contribution in [1.82, 2.24) is 0 Å². The molecule has 1 N–H and O–H groups in total. The zero-order chi connectivity index (χ0) is 26.4. The molecule has 2 atom stereocenters. The number of rotatable bonds is 9. The van der Waals surface area contributed by atoms with Crippen LogP contribution in [-0.2, 0) is 9.53 Å². The monoisotopic (exact) mass is 512 g/mol. The van der Waals surface area contributed by atoms with E-state index in [0.29, 0.717) is 0 Å². The van der Waals surface area contributed by atoms with Gasteiger partial charge in [0.2, 0.25) is 0 Å². The van der Waals surface area contributed by atoms with Crippen molar-refractivity contribution < 1.29 is 80.5 Å². The van der Waals surface area contributed by atoms with Gasteiger partial charge in [-0.25, -0.2) is 9.18 Å². The van der Waals surface area contributed by atoms with Crippen LogP contribution in [0.15, 0.2) is 12.2 Å². The number of halogens is 15. The highest BCUT2D eigenvalue weighted by atomic mass is 19.4. The maximum atomic E-state index is 14.0. The molecule has 0 fully saturated rings. The second kappa shape index (κ2) is 8.48. The Morgan fingerprint density at radius 2 is 1.19 bits per heavy atom. The Morgan fingerprint density at radius 1 is 0.781 bits per heavy atom. The smallest absolute Gasteiger partial charge is 0.460 e. The van der Waals surface area contributed by atoms with Crippen LogP contribution in [-0.4, -0.2) is 65.5 Å². The number of hydrogen-bond acceptors (Lipinski definition) is 3. The second-order valence-corrected chi connectivity index (χ2v) is 6.32. The molecule has 0 saturated heterocycles. The Morgan fingerprint density at radius 3 is 1.50 bits per heavy atom. The van der Waals surface area contributed by atoms with Crippen molar-refractivity contribution in [2.24, 2.45) is 0 Å². The fourth-order valence-electron chi connectivity index (χ4n) is 1.98. The van der Waals surface area contributed by atoms with Crippen LogP contribution < -0.4 is 0 Å². The molecular weight excluding hydrogens is 501 g/mol. The lowest BCUT2D eigenvalue weighted by atomic mass is 9.80. The molecule has 0 aromatic heterocycles. The van der Waals surface area contributed by atoms with Gasteiger partial charge in [-0.1, -0.05) is 6.58 Å². The normalized spacial score (nSPS) is 17.5. The number of alkyl halides is 15. The van der Waals surface area contributed by atoms with Crippen molar-refractivity contribution in [2.75, 3.05) is 6.61 Å². The van der Waals surface area contributed by atoms with E-state index in [1.165, 1.54) is 0 Å². The Kier molecular flexibility index (Phi) is 7.98. The zero-order valence-corrected chi connectivity index (χ0v) is 15.1. The average molecular weight is 512 g/mol. The summed E-state index contributed by atoms with van der Waals surface area (Å²) < 4.78 is 200. The molecule has 0 rings (SSSR count). The van der Waals surface area contributed by atoms with E-state index in [0.717, 1.165) is 6.92 Å². The third kappa shape index (κ3) is 4.73. The van der Waals surface area contributed by atoms with Gasteiger partial charge in [0, 0.05) is 12.0 Å². The molecule has 190 valence electrons. The highest BCUT2D eigenvalue weighted by Crippen LogP contribution is 2.64. The van der Waals surface area contributed by atoms with Crippen LogP contribution in [0.1, 0.15) is 13.3 Å². The lowest BCUT2D eigenvalue weighted by molar-refractivity contribution is -0.458. The van der Waals surface area contributed by atoms with E-state index < -0.39 is 72.4 Å². The van der Waals surface area contributed by atoms with E-state index in [2.05, 4.69) is 11.3 Å². The van der Waals surface area contributed by atoms with E-state index in [1.54, 1.807) is 0 Å². The van der Waals surface area contributed by atoms with Gasteiger partial charge in [-0.3, -0.25) is 0 Å². The van der Waals surface area contributed by atoms with Gasteiger partial charge in [0.05, 0.1) is 6.10 Å². The quantitative estimate of drug-likeness (QED) is 0.262. The van der Waals surface area contributed by atoms with Gasteiger partial charge in [-0.05, 0) is 6.92 Å². The van der Waals surface area contributed by atoms with Gasteiger partial charge >= 0.3 is 47.7 Å². The summed E-state index contributed by atoms with van der Waals surface area (Å²) in [4.78, 5) is 11.0. The zero-order valence-electron chi connectivity index (χ0n) is 15.1. The topological polar surface area (TPSA) is 46.5 Å². The van der Waals surface area contributed by atoms with E-state index >= 15 is 0 Å². The summed E-state index contributed by atoms with van der Waals surface area (Å²) in [6.07, 6.45) is -22.2. The Balaban J connectivity index is 6.45. The van der Waals surface area contributed by atoms with E-state index in [1.807, 2.05) is 0 Å². The predicted octanol–water partition coefficient (Wildman–Crippen LogP) is 5.23. The maximum Gasteiger partial charge on any atom is 0.460 e. The third-order valence-corrected chi connectivity index (χ3v) is 3.71. The number of aliphatic hydroxyl groups excluding tert-OH is 1. The first kappa shape index (κ1) is 30.1. The number of carbonyl (C=O) groups excluding carboxylic acids is 1. The van der Waals surface area contributed by atoms with Crippen molar-refractivity contribution in [3.8, 4) is 0 Å². The second-order valence-electron chi connectivity index (χ2n) is 6.32. The average Bonchev–Trinajstić information content (AvgIpc) is 2.55. The third-order valence-electron chi connectivity index (χ3n) is 3.71. The summed E-state index contributed by atoms with van der Waals surface area (Å²) in [5, 5.41) is 9.10. The molecule has 0 aromatic carbocycles. The van der Waals surface area contributed by atoms with Gasteiger partial charge in [-0.15, -0.1) is 0 Å². The molecule has 2 unspecified atom stereocenters. The summed E-state index contributed by atoms with van der Waals surface area (Å²) in [5.41, 5.74) is -8.98. The van der Waals surface area contributed by atoms with E-state index in [9.17, 15) is 70.7 Å². The standard InChI is InChI=1S/C14H11F15O3/c1-5(2)7(31)32-4-6(30)3-8(15,16)10(18,19)9(17,13(24,25)26)11(20,21)12(22,23)14(27,28)29/h6,30H,1,3-4H2,2H3. The molecule has 32 heavy (non-hydrogen) atoms. The summed E-state index contributed by atoms with van der Waals surface area (Å²) in [6.45, 7) is 2.12. The molecule has 0 aliphatic rings. The van der Waals surface area contributed by atoms with Gasteiger partial charge < -0.3 is 9.84 Å². The Labute approximate surface area is 167 Å². The molecule has 0 bridgehead atoms. The molecule has 0 amide bonds. The van der Waals surface area contributed by atoms with Crippen LogP contribution >= 0.6 is 0 Å². The highest BCUT2D eigenvalue weighted by Gasteiger charge is 2.96. The van der Waals surface area contributed by atoms with Crippen molar-refractivity contribution in [1.29, 1.82) is 0 Å². The molecule has 0 radical (unpaired) electrons. The molecule has 0 aromatic rings. The van der Waals surface area contributed by atoms with Gasteiger partial charge in [0.1, 0.15) is 6.61 Å².